The minimum Gasteiger partial charge on any atom is -0.349 e. The second-order valence-corrected chi connectivity index (χ2v) is 7.55. The number of aromatic nitrogens is 2. The number of carbonyl (C=O) groups is 2. The highest BCUT2D eigenvalue weighted by atomic mass is 35.6. The summed E-state index contributed by atoms with van der Waals surface area (Å²) in [5.41, 5.74) is 0.0492. The Bertz CT molecular complexity index is 848. The number of benzene rings is 1. The van der Waals surface area contributed by atoms with Gasteiger partial charge in [-0.15, -0.1) is 0 Å². The number of hydrogen-bond acceptors (Lipinski definition) is 4. The first-order valence-corrected chi connectivity index (χ1v) is 8.43. The molecule has 134 valence electrons. The zero-order valence-corrected chi connectivity index (χ0v) is 15.5. The largest absolute Gasteiger partial charge is 0.349 e. The number of aromatic amines is 1. The summed E-state index contributed by atoms with van der Waals surface area (Å²) in [6.07, 6.45) is 0.437. The average molecular weight is 406 g/mol. The molecule has 0 fully saturated rings. The standard InChI is InChI=1S/C15H15Cl3N4O3/c1-22(14(25)15(16,17)18)8-4-7-19-13(24)11-20-10-6-3-2-5-9(10)12(23)21-11/h2-3,5-6H,4,7-8H2,1H3,(H,19,24)(H,20,21,23). The van der Waals surface area contributed by atoms with Gasteiger partial charge >= 0.3 is 0 Å². The van der Waals surface area contributed by atoms with Gasteiger partial charge in [-0.2, -0.15) is 0 Å². The number of nitrogens with one attached hydrogen (secondary N) is 2. The molecule has 0 saturated heterocycles. The summed E-state index contributed by atoms with van der Waals surface area (Å²) in [7, 11) is 1.49. The van der Waals surface area contributed by atoms with E-state index in [1.165, 1.54) is 11.9 Å². The Morgan fingerprint density at radius 1 is 1.28 bits per heavy atom. The third-order valence-corrected chi connectivity index (χ3v) is 3.86. The van der Waals surface area contributed by atoms with Crippen molar-refractivity contribution in [3.8, 4) is 0 Å². The number of carbonyl (C=O) groups excluding carboxylic acids is 2. The van der Waals surface area contributed by atoms with Crippen molar-refractivity contribution < 1.29 is 9.59 Å². The number of rotatable bonds is 5. The van der Waals surface area contributed by atoms with Gasteiger partial charge in [-0.05, 0) is 18.6 Å². The molecule has 1 aromatic heterocycles. The van der Waals surface area contributed by atoms with E-state index in [1.54, 1.807) is 24.3 Å². The number of nitrogens with zero attached hydrogens (tertiary/aromatic N) is 2. The maximum absolute atomic E-state index is 12.1. The molecular weight excluding hydrogens is 391 g/mol. The van der Waals surface area contributed by atoms with E-state index in [0.29, 0.717) is 17.3 Å². The van der Waals surface area contributed by atoms with Crippen LogP contribution in [-0.2, 0) is 4.79 Å². The number of halogens is 3. The molecule has 2 N–H and O–H groups in total. The number of amides is 2. The number of H-pyrrole nitrogens is 1. The van der Waals surface area contributed by atoms with Gasteiger partial charge in [0.15, 0.2) is 5.82 Å². The molecule has 2 amide bonds. The van der Waals surface area contributed by atoms with Crippen LogP contribution in [0.15, 0.2) is 29.1 Å². The van der Waals surface area contributed by atoms with Crippen LogP contribution in [0.25, 0.3) is 10.9 Å². The molecule has 10 heteroatoms. The van der Waals surface area contributed by atoms with Gasteiger partial charge in [0, 0.05) is 20.1 Å². The van der Waals surface area contributed by atoms with Crippen molar-refractivity contribution in [3.05, 3.63) is 40.4 Å². The first kappa shape index (κ1) is 19.5. The van der Waals surface area contributed by atoms with Gasteiger partial charge in [0.2, 0.25) is 0 Å². The highest BCUT2D eigenvalue weighted by molar-refractivity contribution is 6.76. The van der Waals surface area contributed by atoms with Crippen molar-refractivity contribution in [2.24, 2.45) is 0 Å². The number of alkyl halides is 3. The molecule has 7 nitrogen and oxygen atoms in total. The van der Waals surface area contributed by atoms with Crippen molar-refractivity contribution in [1.29, 1.82) is 0 Å². The van der Waals surface area contributed by atoms with Crippen LogP contribution in [0, 0.1) is 0 Å². The summed E-state index contributed by atoms with van der Waals surface area (Å²) < 4.78 is -2.01. The fourth-order valence-corrected chi connectivity index (χ4v) is 2.55. The second kappa shape index (κ2) is 8.03. The fourth-order valence-electron chi connectivity index (χ4n) is 2.11. The Morgan fingerprint density at radius 3 is 2.64 bits per heavy atom. The van der Waals surface area contributed by atoms with Gasteiger partial charge in [-0.3, -0.25) is 14.4 Å². The van der Waals surface area contributed by atoms with Crippen LogP contribution >= 0.6 is 34.8 Å². The monoisotopic (exact) mass is 404 g/mol. The van der Waals surface area contributed by atoms with Gasteiger partial charge in [0.1, 0.15) is 0 Å². The summed E-state index contributed by atoms with van der Waals surface area (Å²) in [6.45, 7) is 0.543. The maximum Gasteiger partial charge on any atom is 0.287 e. The van der Waals surface area contributed by atoms with E-state index in [4.69, 9.17) is 34.8 Å². The summed E-state index contributed by atoms with van der Waals surface area (Å²) in [5, 5.41) is 3.02. The van der Waals surface area contributed by atoms with Crippen LogP contribution < -0.4 is 10.9 Å². The molecule has 0 saturated carbocycles. The highest BCUT2D eigenvalue weighted by Crippen LogP contribution is 2.27. The minimum atomic E-state index is -2.01. The molecule has 1 heterocycles. The van der Waals surface area contributed by atoms with Crippen LogP contribution in [0.4, 0.5) is 0 Å². The molecule has 0 spiro atoms. The Balaban J connectivity index is 1.91. The summed E-state index contributed by atoms with van der Waals surface area (Å²) in [6, 6.07) is 6.72. The van der Waals surface area contributed by atoms with E-state index >= 15 is 0 Å². The third-order valence-electron chi connectivity index (χ3n) is 3.37. The molecule has 0 bridgehead atoms. The Morgan fingerprint density at radius 2 is 1.96 bits per heavy atom. The first-order chi connectivity index (χ1) is 11.7. The van der Waals surface area contributed by atoms with Gasteiger partial charge < -0.3 is 15.2 Å². The molecule has 1 aromatic carbocycles. The van der Waals surface area contributed by atoms with Crippen LogP contribution in [0.3, 0.4) is 0 Å². The lowest BCUT2D eigenvalue weighted by atomic mass is 10.2. The lowest BCUT2D eigenvalue weighted by Crippen LogP contribution is -2.38. The Kier molecular flexibility index (Phi) is 6.26. The quantitative estimate of drug-likeness (QED) is 0.586. The summed E-state index contributed by atoms with van der Waals surface area (Å²) in [5.74, 6) is -1.24. The predicted octanol–water partition coefficient (Wildman–Crippen LogP) is 1.87. The molecule has 0 aliphatic rings. The lowest BCUT2D eigenvalue weighted by Gasteiger charge is -2.21. The molecule has 2 rings (SSSR count). The molecule has 0 aliphatic heterocycles. The molecule has 0 aliphatic carbocycles. The summed E-state index contributed by atoms with van der Waals surface area (Å²) >= 11 is 16.5. The minimum absolute atomic E-state index is 0.0746. The van der Waals surface area contributed by atoms with Crippen LogP contribution in [0.2, 0.25) is 0 Å². The topological polar surface area (TPSA) is 95.2 Å². The van der Waals surface area contributed by atoms with Crippen molar-refractivity contribution in [2.75, 3.05) is 20.1 Å². The van der Waals surface area contributed by atoms with Crippen molar-refractivity contribution in [2.45, 2.75) is 10.2 Å². The molecule has 0 unspecified atom stereocenters. The van der Waals surface area contributed by atoms with Gasteiger partial charge in [0.25, 0.3) is 21.2 Å². The molecule has 2 aromatic rings. The zero-order chi connectivity index (χ0) is 18.6. The van der Waals surface area contributed by atoms with E-state index in [2.05, 4.69) is 15.3 Å². The van der Waals surface area contributed by atoms with E-state index in [0.717, 1.165) is 0 Å². The smallest absolute Gasteiger partial charge is 0.287 e. The SMILES string of the molecule is CN(CCCNC(=O)c1nc2ccccc2c(=O)[nH]1)C(=O)C(Cl)(Cl)Cl. The molecule has 0 radical (unpaired) electrons. The van der Waals surface area contributed by atoms with E-state index < -0.39 is 15.6 Å². The van der Waals surface area contributed by atoms with E-state index in [9.17, 15) is 14.4 Å². The first-order valence-electron chi connectivity index (χ1n) is 7.29. The Labute approximate surface area is 158 Å². The van der Waals surface area contributed by atoms with Crippen molar-refractivity contribution in [1.82, 2.24) is 20.2 Å². The van der Waals surface area contributed by atoms with Crippen molar-refractivity contribution in [3.63, 3.8) is 0 Å². The van der Waals surface area contributed by atoms with Gasteiger partial charge in [-0.25, -0.2) is 4.98 Å². The predicted molar refractivity (Wildman–Crippen MR) is 97.2 cm³/mol. The zero-order valence-electron chi connectivity index (χ0n) is 13.2. The number of fused-ring (bicyclic) bond motifs is 1. The van der Waals surface area contributed by atoms with Crippen LogP contribution in [0.1, 0.15) is 17.0 Å². The van der Waals surface area contributed by atoms with Crippen LogP contribution in [0.5, 0.6) is 0 Å². The Hall–Kier alpha value is -1.83. The third kappa shape index (κ3) is 5.07. The maximum atomic E-state index is 12.1. The summed E-state index contributed by atoms with van der Waals surface area (Å²) in [4.78, 5) is 43.5. The van der Waals surface area contributed by atoms with Crippen LogP contribution in [-0.4, -0.2) is 50.6 Å². The average Bonchev–Trinajstić information content (AvgIpc) is 2.56. The highest BCUT2D eigenvalue weighted by Gasteiger charge is 2.33. The van der Waals surface area contributed by atoms with E-state index in [-0.39, 0.29) is 24.5 Å². The second-order valence-electron chi connectivity index (χ2n) is 5.27. The van der Waals surface area contributed by atoms with Crippen molar-refractivity contribution >= 4 is 57.5 Å². The molecule has 25 heavy (non-hydrogen) atoms. The molecule has 0 atom stereocenters. The number of para-hydroxylation sites is 1. The normalized spacial score (nSPS) is 11.4. The lowest BCUT2D eigenvalue weighted by molar-refractivity contribution is -0.128. The number of hydrogen-bond donors (Lipinski definition) is 2. The molecular formula is C15H15Cl3N4O3. The fraction of sp³-hybridized carbons (Fsp3) is 0.333. The van der Waals surface area contributed by atoms with Gasteiger partial charge in [0.05, 0.1) is 10.9 Å². The van der Waals surface area contributed by atoms with E-state index in [1.807, 2.05) is 0 Å². The van der Waals surface area contributed by atoms with Gasteiger partial charge in [-0.1, -0.05) is 46.9 Å².